The van der Waals surface area contributed by atoms with Gasteiger partial charge in [-0.15, -0.1) is 11.8 Å². The molecule has 0 radical (unpaired) electrons. The third-order valence-electron chi connectivity index (χ3n) is 6.89. The number of ether oxygens (including phenoxy) is 1. The van der Waals surface area contributed by atoms with Crippen molar-refractivity contribution in [2.75, 3.05) is 25.3 Å². The summed E-state index contributed by atoms with van der Waals surface area (Å²) in [5, 5.41) is 10.2. The Balaban J connectivity index is 0.00000116. The fourth-order valence-corrected chi connectivity index (χ4v) is 5.09. The van der Waals surface area contributed by atoms with Gasteiger partial charge < -0.3 is 15.2 Å². The Hall–Kier alpha value is -3.44. The Bertz CT molecular complexity index is 1330. The number of methoxy groups -OCH3 is 1. The van der Waals surface area contributed by atoms with Crippen LogP contribution in [0.1, 0.15) is 82.8 Å². The molecule has 226 valence electrons. The first-order valence-electron chi connectivity index (χ1n) is 14.7. The lowest BCUT2D eigenvalue weighted by molar-refractivity contribution is -0.111. The van der Waals surface area contributed by atoms with Crippen molar-refractivity contribution < 1.29 is 14.6 Å². The number of nitrogens with one attached hydrogen (secondary N) is 1. The maximum Gasteiger partial charge on any atom is 0.227 e. The highest BCUT2D eigenvalue weighted by Crippen LogP contribution is 2.45. The summed E-state index contributed by atoms with van der Waals surface area (Å²) in [4.78, 5) is 41.2. The van der Waals surface area contributed by atoms with Gasteiger partial charge >= 0.3 is 0 Å². The number of aliphatic hydroxyl groups excluding tert-OH is 1. The summed E-state index contributed by atoms with van der Waals surface area (Å²) in [6.45, 7) is 7.92. The average molecular weight is 594 g/mol. The van der Waals surface area contributed by atoms with Crippen LogP contribution in [0.25, 0.3) is 11.4 Å². The van der Waals surface area contributed by atoms with Gasteiger partial charge in [0.1, 0.15) is 11.9 Å². The van der Waals surface area contributed by atoms with Crippen molar-refractivity contribution in [2.24, 2.45) is 10.9 Å². The van der Waals surface area contributed by atoms with Crippen LogP contribution in [0.15, 0.2) is 40.7 Å². The van der Waals surface area contributed by atoms with Crippen LogP contribution in [0.4, 0.5) is 5.69 Å². The highest BCUT2D eigenvalue weighted by atomic mass is 32.2. The summed E-state index contributed by atoms with van der Waals surface area (Å²) in [6.07, 6.45) is 11.7. The molecular formula is C31H43N7O3S. The van der Waals surface area contributed by atoms with Crippen molar-refractivity contribution in [3.8, 4) is 17.3 Å². The molecule has 0 saturated heterocycles. The molecule has 0 bridgehead atoms. The number of aliphatic imine (C=N–C) groups is 1. The normalized spacial score (nSPS) is 14.5. The predicted octanol–water partition coefficient (Wildman–Crippen LogP) is 5.90. The molecule has 2 aliphatic carbocycles. The van der Waals surface area contributed by atoms with Gasteiger partial charge in [0.05, 0.1) is 42.6 Å². The van der Waals surface area contributed by atoms with Crippen LogP contribution in [0.2, 0.25) is 0 Å². The molecule has 0 aromatic carbocycles. The summed E-state index contributed by atoms with van der Waals surface area (Å²) >= 11 is 1.74. The van der Waals surface area contributed by atoms with Gasteiger partial charge in [0.2, 0.25) is 5.88 Å². The third-order valence-corrected chi connectivity index (χ3v) is 7.76. The summed E-state index contributed by atoms with van der Waals surface area (Å²) in [7, 11) is 2.61. The number of carbonyl (C=O) groups is 1. The zero-order chi connectivity index (χ0) is 30.5. The highest BCUT2D eigenvalue weighted by Gasteiger charge is 2.32. The first kappa shape index (κ1) is 33.1. The summed E-state index contributed by atoms with van der Waals surface area (Å²) in [6, 6.07) is 3.99. The van der Waals surface area contributed by atoms with Gasteiger partial charge in [-0.25, -0.2) is 19.9 Å². The number of amidine groups is 1. The van der Waals surface area contributed by atoms with Gasteiger partial charge in [-0.05, 0) is 43.1 Å². The van der Waals surface area contributed by atoms with Crippen LogP contribution in [-0.2, 0) is 17.8 Å². The molecule has 0 unspecified atom stereocenters. The fraction of sp³-hybridized carbons (Fsp3) is 0.516. The van der Waals surface area contributed by atoms with E-state index >= 15 is 0 Å². The molecule has 0 aliphatic heterocycles. The first-order valence-corrected chi connectivity index (χ1v) is 15.6. The van der Waals surface area contributed by atoms with Crippen LogP contribution in [0.5, 0.6) is 5.88 Å². The predicted molar refractivity (Wildman–Crippen MR) is 168 cm³/mol. The second kappa shape index (κ2) is 16.9. The molecule has 3 aromatic heterocycles. The van der Waals surface area contributed by atoms with E-state index in [9.17, 15) is 4.79 Å². The molecule has 10 nitrogen and oxygen atoms in total. The SMILES string of the molecule is CC.CCSc1ccc(CN=C(Nc2cnc(-c3c(OC)ncnc3C3CC3)nc2CC2CCC2)C(C)=O)nc1.CO. The molecule has 11 heteroatoms. The van der Waals surface area contributed by atoms with E-state index in [-0.39, 0.29) is 11.6 Å². The molecule has 2 aliphatic rings. The lowest BCUT2D eigenvalue weighted by atomic mass is 9.82. The minimum atomic E-state index is -0.157. The van der Waals surface area contributed by atoms with Crippen molar-refractivity contribution in [3.05, 3.63) is 47.9 Å². The average Bonchev–Trinajstić information content (AvgIpc) is 3.86. The topological polar surface area (TPSA) is 135 Å². The van der Waals surface area contributed by atoms with E-state index < -0.39 is 0 Å². The van der Waals surface area contributed by atoms with E-state index in [1.54, 1.807) is 31.4 Å². The molecule has 2 fully saturated rings. The number of aliphatic hydroxyl groups is 1. The zero-order valence-electron chi connectivity index (χ0n) is 25.6. The lowest BCUT2D eigenvalue weighted by Gasteiger charge is -2.26. The number of hydrogen-bond acceptors (Lipinski definition) is 10. The van der Waals surface area contributed by atoms with Gasteiger partial charge in [-0.2, -0.15) is 0 Å². The Labute approximate surface area is 253 Å². The zero-order valence-corrected chi connectivity index (χ0v) is 26.4. The van der Waals surface area contributed by atoms with E-state index in [4.69, 9.17) is 14.8 Å². The molecule has 2 saturated carbocycles. The number of thioether (sulfide) groups is 1. The Morgan fingerprint density at radius 2 is 1.86 bits per heavy atom. The molecular weight excluding hydrogens is 550 g/mol. The van der Waals surface area contributed by atoms with Crippen LogP contribution in [0, 0.1) is 5.92 Å². The number of pyridine rings is 1. The van der Waals surface area contributed by atoms with Crippen molar-refractivity contribution in [1.82, 2.24) is 24.9 Å². The van der Waals surface area contributed by atoms with Gasteiger partial charge in [-0.1, -0.05) is 40.0 Å². The number of anilines is 1. The molecule has 2 N–H and O–H groups in total. The summed E-state index contributed by atoms with van der Waals surface area (Å²) < 4.78 is 5.58. The van der Waals surface area contributed by atoms with Gasteiger partial charge in [-0.3, -0.25) is 14.8 Å². The Morgan fingerprint density at radius 1 is 1.10 bits per heavy atom. The second-order valence-electron chi connectivity index (χ2n) is 9.74. The van der Waals surface area contributed by atoms with E-state index in [0.29, 0.717) is 35.8 Å². The van der Waals surface area contributed by atoms with Crippen molar-refractivity contribution in [3.63, 3.8) is 0 Å². The van der Waals surface area contributed by atoms with Crippen LogP contribution in [-0.4, -0.2) is 61.6 Å². The highest BCUT2D eigenvalue weighted by molar-refractivity contribution is 7.99. The standard InChI is InChI=1S/C28H33N7O2S.C2H6.CH4O/c1-4-38-21-11-10-20(29-14-21)13-30-26(17(2)36)35-23-15-31-27(34-22(23)12-18-6-5-7-18)24-25(19-8-9-19)32-16-33-28(24)37-3;2*1-2/h10-11,14-16,18-19H,4-9,12-13H2,1-3H3,(H,30,35);1-2H3;2H,1H3. The molecule has 0 atom stereocenters. The molecule has 5 rings (SSSR count). The minimum absolute atomic E-state index is 0.157. The van der Waals surface area contributed by atoms with E-state index in [2.05, 4.69) is 37.2 Å². The van der Waals surface area contributed by atoms with Crippen LogP contribution >= 0.6 is 11.8 Å². The largest absolute Gasteiger partial charge is 0.480 e. The van der Waals surface area contributed by atoms with Gasteiger partial charge in [0.25, 0.3) is 0 Å². The smallest absolute Gasteiger partial charge is 0.227 e. The summed E-state index contributed by atoms with van der Waals surface area (Å²) in [5.74, 6) is 3.10. The number of aromatic nitrogens is 5. The molecule has 0 spiro atoms. The lowest BCUT2D eigenvalue weighted by Crippen LogP contribution is -2.23. The van der Waals surface area contributed by atoms with E-state index in [1.165, 1.54) is 26.2 Å². The number of carbonyl (C=O) groups excluding carboxylic acids is 1. The first-order chi connectivity index (χ1) is 20.6. The molecule has 42 heavy (non-hydrogen) atoms. The maximum atomic E-state index is 12.5. The molecule has 3 heterocycles. The Morgan fingerprint density at radius 3 is 2.43 bits per heavy atom. The quantitative estimate of drug-likeness (QED) is 0.157. The Kier molecular flexibility index (Phi) is 13.3. The molecule has 3 aromatic rings. The number of hydrogen-bond donors (Lipinski definition) is 2. The number of Topliss-reactive ketones (excluding diaryl/α,β-unsaturated/α-hetero) is 1. The van der Waals surface area contributed by atoms with Gasteiger partial charge in [0, 0.05) is 31.0 Å². The fourth-order valence-electron chi connectivity index (χ4n) is 4.46. The van der Waals surface area contributed by atoms with Crippen LogP contribution in [0.3, 0.4) is 0 Å². The van der Waals surface area contributed by atoms with Crippen LogP contribution < -0.4 is 10.1 Å². The minimum Gasteiger partial charge on any atom is -0.480 e. The van der Waals surface area contributed by atoms with Crippen molar-refractivity contribution >= 4 is 29.1 Å². The summed E-state index contributed by atoms with van der Waals surface area (Å²) in [5.41, 5.74) is 4.06. The monoisotopic (exact) mass is 593 g/mol. The van der Waals surface area contributed by atoms with Gasteiger partial charge in [0.15, 0.2) is 17.4 Å². The molecule has 0 amide bonds. The van der Waals surface area contributed by atoms with Crippen molar-refractivity contribution in [2.45, 2.75) is 83.6 Å². The number of ketones is 1. The third kappa shape index (κ3) is 8.78. The number of nitrogens with zero attached hydrogens (tertiary/aromatic N) is 6. The van der Waals surface area contributed by atoms with E-state index in [0.717, 1.165) is 59.7 Å². The second-order valence-corrected chi connectivity index (χ2v) is 11.1. The van der Waals surface area contributed by atoms with E-state index in [1.807, 2.05) is 32.2 Å². The maximum absolute atomic E-state index is 12.5. The number of rotatable bonds is 11. The van der Waals surface area contributed by atoms with Crippen molar-refractivity contribution in [1.29, 1.82) is 0 Å².